The third-order valence-electron chi connectivity index (χ3n) is 4.04. The van der Waals surface area contributed by atoms with Gasteiger partial charge >= 0.3 is 0 Å². The standard InChI is InChI=1S/C15H17FN2O2S/c16-10-1-2-12-11(7-10)13(17)14(21-12)15(20)18-5-3-9(8-19)4-6-18/h1-2,7,9,19H,3-6,8,17H2. The number of fused-ring (bicyclic) bond motifs is 1. The van der Waals surface area contributed by atoms with Crippen LogP contribution in [0.25, 0.3) is 10.1 Å². The molecule has 2 aromatic rings. The first-order valence-corrected chi connectivity index (χ1v) is 7.79. The molecule has 1 aliphatic rings. The molecule has 1 aromatic carbocycles. The lowest BCUT2D eigenvalue weighted by Crippen LogP contribution is -2.39. The van der Waals surface area contributed by atoms with Crippen LogP contribution in [0.4, 0.5) is 10.1 Å². The smallest absolute Gasteiger partial charge is 0.266 e. The highest BCUT2D eigenvalue weighted by atomic mass is 32.1. The zero-order valence-corrected chi connectivity index (χ0v) is 12.3. The second-order valence-corrected chi connectivity index (χ2v) is 6.46. The topological polar surface area (TPSA) is 66.6 Å². The number of nitrogen functional groups attached to an aromatic ring is 1. The van der Waals surface area contributed by atoms with E-state index in [4.69, 9.17) is 10.8 Å². The number of likely N-dealkylation sites (tertiary alicyclic amines) is 1. The summed E-state index contributed by atoms with van der Waals surface area (Å²) in [6, 6.07) is 4.40. The lowest BCUT2D eigenvalue weighted by molar-refractivity contribution is 0.0656. The normalized spacial score (nSPS) is 16.6. The Labute approximate surface area is 126 Å². The first kappa shape index (κ1) is 14.3. The van der Waals surface area contributed by atoms with E-state index in [1.807, 2.05) is 0 Å². The number of aliphatic hydroxyl groups excluding tert-OH is 1. The Hall–Kier alpha value is -1.66. The van der Waals surface area contributed by atoms with Gasteiger partial charge in [0.1, 0.15) is 10.7 Å². The number of nitrogens with two attached hydrogens (primary N) is 1. The average Bonchev–Trinajstić information content (AvgIpc) is 2.83. The van der Waals surface area contributed by atoms with Crippen molar-refractivity contribution in [1.29, 1.82) is 0 Å². The summed E-state index contributed by atoms with van der Waals surface area (Å²) >= 11 is 1.31. The van der Waals surface area contributed by atoms with Crippen LogP contribution in [-0.2, 0) is 0 Å². The van der Waals surface area contributed by atoms with E-state index in [1.165, 1.54) is 23.5 Å². The van der Waals surface area contributed by atoms with E-state index >= 15 is 0 Å². The molecule has 1 aromatic heterocycles. The van der Waals surface area contributed by atoms with Crippen LogP contribution < -0.4 is 5.73 Å². The minimum atomic E-state index is -0.352. The molecular weight excluding hydrogens is 291 g/mol. The summed E-state index contributed by atoms with van der Waals surface area (Å²) < 4.78 is 14.1. The van der Waals surface area contributed by atoms with E-state index in [1.54, 1.807) is 11.0 Å². The number of aliphatic hydroxyl groups is 1. The first-order chi connectivity index (χ1) is 10.1. The highest BCUT2D eigenvalue weighted by Gasteiger charge is 2.26. The van der Waals surface area contributed by atoms with Crippen LogP contribution in [0, 0.1) is 11.7 Å². The zero-order chi connectivity index (χ0) is 15.0. The lowest BCUT2D eigenvalue weighted by Gasteiger charge is -2.30. The van der Waals surface area contributed by atoms with Crippen molar-refractivity contribution in [1.82, 2.24) is 4.90 Å². The minimum Gasteiger partial charge on any atom is -0.397 e. The highest BCUT2D eigenvalue weighted by molar-refractivity contribution is 7.21. The van der Waals surface area contributed by atoms with Gasteiger partial charge in [-0.05, 0) is 37.0 Å². The van der Waals surface area contributed by atoms with Crippen LogP contribution >= 0.6 is 11.3 Å². The van der Waals surface area contributed by atoms with E-state index in [-0.39, 0.29) is 24.2 Å². The van der Waals surface area contributed by atoms with E-state index in [0.29, 0.717) is 29.0 Å². The molecule has 1 amide bonds. The van der Waals surface area contributed by atoms with Crippen molar-refractivity contribution in [3.63, 3.8) is 0 Å². The molecule has 0 spiro atoms. The molecule has 1 fully saturated rings. The number of benzene rings is 1. The molecule has 3 rings (SSSR count). The van der Waals surface area contributed by atoms with Crippen molar-refractivity contribution in [3.05, 3.63) is 28.9 Å². The second-order valence-electron chi connectivity index (χ2n) is 5.40. The molecule has 112 valence electrons. The summed E-state index contributed by atoms with van der Waals surface area (Å²) in [4.78, 5) is 14.8. The van der Waals surface area contributed by atoms with Gasteiger partial charge in [-0.2, -0.15) is 0 Å². The van der Waals surface area contributed by atoms with Crippen LogP contribution in [0.3, 0.4) is 0 Å². The first-order valence-electron chi connectivity index (χ1n) is 6.98. The van der Waals surface area contributed by atoms with Gasteiger partial charge in [-0.15, -0.1) is 11.3 Å². The molecule has 21 heavy (non-hydrogen) atoms. The van der Waals surface area contributed by atoms with Crippen molar-refractivity contribution in [2.24, 2.45) is 5.92 Å². The molecule has 4 nitrogen and oxygen atoms in total. The summed E-state index contributed by atoms with van der Waals surface area (Å²) in [5.41, 5.74) is 6.39. The number of carbonyl (C=O) groups excluding carboxylic acids is 1. The number of nitrogens with zero attached hydrogens (tertiary/aromatic N) is 1. The van der Waals surface area contributed by atoms with Crippen LogP contribution in [0.15, 0.2) is 18.2 Å². The van der Waals surface area contributed by atoms with Gasteiger partial charge in [0.2, 0.25) is 0 Å². The molecule has 2 heterocycles. The third-order valence-corrected chi connectivity index (χ3v) is 5.22. The van der Waals surface area contributed by atoms with Gasteiger partial charge in [-0.1, -0.05) is 0 Å². The largest absolute Gasteiger partial charge is 0.397 e. The Bertz CT molecular complexity index is 678. The lowest BCUT2D eigenvalue weighted by atomic mass is 9.98. The summed E-state index contributed by atoms with van der Waals surface area (Å²) in [5.74, 6) is -0.164. The molecule has 0 bridgehead atoms. The predicted molar refractivity (Wildman–Crippen MR) is 81.9 cm³/mol. The Morgan fingerprint density at radius 2 is 2.14 bits per heavy atom. The van der Waals surface area contributed by atoms with Gasteiger partial charge in [0.15, 0.2) is 0 Å². The monoisotopic (exact) mass is 308 g/mol. The molecule has 0 atom stereocenters. The van der Waals surface area contributed by atoms with Crippen molar-refractivity contribution in [2.75, 3.05) is 25.4 Å². The second kappa shape index (κ2) is 5.61. The van der Waals surface area contributed by atoms with Gasteiger partial charge in [0.25, 0.3) is 5.91 Å². The molecule has 6 heteroatoms. The number of piperidine rings is 1. The quantitative estimate of drug-likeness (QED) is 0.895. The van der Waals surface area contributed by atoms with Gasteiger partial charge in [0, 0.05) is 29.8 Å². The molecular formula is C15H17FN2O2S. The fourth-order valence-electron chi connectivity index (χ4n) is 2.71. The number of hydrogen-bond donors (Lipinski definition) is 2. The number of thiophene rings is 1. The zero-order valence-electron chi connectivity index (χ0n) is 11.5. The third kappa shape index (κ3) is 2.61. The molecule has 1 saturated heterocycles. The summed E-state index contributed by atoms with van der Waals surface area (Å²) in [7, 11) is 0. The summed E-state index contributed by atoms with van der Waals surface area (Å²) in [6.07, 6.45) is 1.61. The van der Waals surface area contributed by atoms with Gasteiger partial charge < -0.3 is 15.7 Å². The fourth-order valence-corrected chi connectivity index (χ4v) is 3.78. The highest BCUT2D eigenvalue weighted by Crippen LogP contribution is 2.35. The van der Waals surface area contributed by atoms with Crippen LogP contribution in [0.2, 0.25) is 0 Å². The number of carbonyl (C=O) groups is 1. The van der Waals surface area contributed by atoms with E-state index in [9.17, 15) is 9.18 Å². The molecule has 1 aliphatic heterocycles. The molecule has 3 N–H and O–H groups in total. The van der Waals surface area contributed by atoms with Gasteiger partial charge in [-0.3, -0.25) is 4.79 Å². The molecule has 0 aliphatic carbocycles. The SMILES string of the molecule is Nc1c(C(=O)N2CCC(CO)CC2)sc2ccc(F)cc12. The van der Waals surface area contributed by atoms with Crippen LogP contribution in [0.1, 0.15) is 22.5 Å². The summed E-state index contributed by atoms with van der Waals surface area (Å²) in [6.45, 7) is 1.44. The number of rotatable bonds is 2. The molecule has 0 radical (unpaired) electrons. The predicted octanol–water partition coefficient (Wildman–Crippen LogP) is 2.47. The Kier molecular flexibility index (Phi) is 3.82. The maximum atomic E-state index is 13.3. The Balaban J connectivity index is 1.87. The molecule has 0 unspecified atom stereocenters. The van der Waals surface area contributed by atoms with Gasteiger partial charge in [-0.25, -0.2) is 4.39 Å². The number of hydrogen-bond acceptors (Lipinski definition) is 4. The van der Waals surface area contributed by atoms with E-state index in [0.717, 1.165) is 17.5 Å². The van der Waals surface area contributed by atoms with Crippen LogP contribution in [-0.4, -0.2) is 35.6 Å². The maximum Gasteiger partial charge on any atom is 0.266 e. The van der Waals surface area contributed by atoms with Crippen molar-refractivity contribution >= 4 is 33.0 Å². The average molecular weight is 308 g/mol. The Morgan fingerprint density at radius 3 is 2.81 bits per heavy atom. The van der Waals surface area contributed by atoms with Gasteiger partial charge in [0.05, 0.1) is 5.69 Å². The number of amides is 1. The van der Waals surface area contributed by atoms with Crippen molar-refractivity contribution in [2.45, 2.75) is 12.8 Å². The summed E-state index contributed by atoms with van der Waals surface area (Å²) in [5, 5.41) is 9.75. The number of halogens is 1. The van der Waals surface area contributed by atoms with E-state index in [2.05, 4.69) is 0 Å². The number of anilines is 1. The maximum absolute atomic E-state index is 13.3. The van der Waals surface area contributed by atoms with E-state index < -0.39 is 0 Å². The Morgan fingerprint density at radius 1 is 1.43 bits per heavy atom. The van der Waals surface area contributed by atoms with Crippen molar-refractivity contribution in [3.8, 4) is 0 Å². The molecule has 0 saturated carbocycles. The fraction of sp³-hybridized carbons (Fsp3) is 0.400. The van der Waals surface area contributed by atoms with Crippen molar-refractivity contribution < 1.29 is 14.3 Å². The van der Waals surface area contributed by atoms with Crippen LogP contribution in [0.5, 0.6) is 0 Å². The minimum absolute atomic E-state index is 0.0921.